The van der Waals surface area contributed by atoms with E-state index < -0.39 is 23.1 Å². The number of hydrogen-bond acceptors (Lipinski definition) is 4. The second-order valence-corrected chi connectivity index (χ2v) is 6.19. The van der Waals surface area contributed by atoms with Crippen LogP contribution in [0.25, 0.3) is 0 Å². The van der Waals surface area contributed by atoms with Crippen molar-refractivity contribution in [3.8, 4) is 0 Å². The van der Waals surface area contributed by atoms with Crippen molar-refractivity contribution in [1.82, 2.24) is 4.98 Å². The number of halogens is 2. The number of benzene rings is 2. The predicted octanol–water partition coefficient (Wildman–Crippen LogP) is 4.75. The molecule has 2 aromatic carbocycles. The van der Waals surface area contributed by atoms with E-state index in [1.807, 2.05) is 30.3 Å². The molecule has 0 aliphatic rings. The first-order valence-electron chi connectivity index (χ1n) is 9.01. The molecule has 5 nitrogen and oxygen atoms in total. The van der Waals surface area contributed by atoms with Gasteiger partial charge in [0, 0.05) is 12.4 Å². The fourth-order valence-corrected chi connectivity index (χ4v) is 2.56. The molecule has 1 amide bonds. The van der Waals surface area contributed by atoms with Crippen molar-refractivity contribution in [3.63, 3.8) is 0 Å². The van der Waals surface area contributed by atoms with Gasteiger partial charge in [0.15, 0.2) is 0 Å². The van der Waals surface area contributed by atoms with Gasteiger partial charge in [0.2, 0.25) is 0 Å². The number of nitrogens with one attached hydrogen (secondary N) is 1. The number of pyridine rings is 1. The smallest absolute Gasteiger partial charge is 0.262 e. The highest BCUT2D eigenvalue weighted by molar-refractivity contribution is 6.04. The van der Waals surface area contributed by atoms with Crippen LogP contribution in [-0.4, -0.2) is 17.1 Å². The number of aromatic nitrogens is 1. The molecule has 0 bridgehead atoms. The van der Waals surface area contributed by atoms with E-state index in [0.717, 1.165) is 23.3 Å². The molecule has 3 rings (SSSR count). The van der Waals surface area contributed by atoms with Gasteiger partial charge in [-0.2, -0.15) is 0 Å². The van der Waals surface area contributed by atoms with E-state index in [0.29, 0.717) is 19.4 Å². The molecule has 3 aromatic rings. The zero-order valence-electron chi connectivity index (χ0n) is 15.5. The number of carbonyl (C=O) groups is 1. The summed E-state index contributed by atoms with van der Waals surface area (Å²) in [6.45, 7) is 0.413. The van der Waals surface area contributed by atoms with Crippen LogP contribution >= 0.6 is 0 Å². The first-order chi connectivity index (χ1) is 14.1. The molecule has 0 fully saturated rings. The van der Waals surface area contributed by atoms with Crippen molar-refractivity contribution in [1.29, 1.82) is 0 Å². The zero-order valence-corrected chi connectivity index (χ0v) is 15.5. The highest BCUT2D eigenvalue weighted by atomic mass is 19.1. The van der Waals surface area contributed by atoms with Gasteiger partial charge >= 0.3 is 0 Å². The third-order valence-electron chi connectivity index (χ3n) is 4.04. The number of carbonyl (C=O) groups excluding carboxylic acids is 1. The normalized spacial score (nSPS) is 10.8. The summed E-state index contributed by atoms with van der Waals surface area (Å²) in [5.41, 5.74) is 1.33. The Kier molecular flexibility index (Phi) is 7.00. The van der Waals surface area contributed by atoms with Crippen molar-refractivity contribution in [3.05, 3.63) is 95.2 Å². The van der Waals surface area contributed by atoms with Crippen molar-refractivity contribution in [2.45, 2.75) is 19.4 Å². The molecule has 0 unspecified atom stereocenters. The number of amides is 1. The molecular formula is C22H19F2N3O2. The predicted molar refractivity (Wildman–Crippen MR) is 107 cm³/mol. The molecular weight excluding hydrogens is 376 g/mol. The van der Waals surface area contributed by atoms with Crippen LogP contribution in [0.4, 0.5) is 14.6 Å². The average Bonchev–Trinajstić information content (AvgIpc) is 2.72. The van der Waals surface area contributed by atoms with E-state index in [1.165, 1.54) is 6.07 Å². The number of nitrogens with zero attached hydrogens (tertiary/aromatic N) is 2. The molecule has 0 radical (unpaired) electrons. The maximum absolute atomic E-state index is 13.6. The third-order valence-corrected chi connectivity index (χ3v) is 4.04. The number of hydrogen-bond donors (Lipinski definition) is 1. The minimum absolute atomic E-state index is 0.210. The lowest BCUT2D eigenvalue weighted by Crippen LogP contribution is -2.16. The van der Waals surface area contributed by atoms with Gasteiger partial charge < -0.3 is 10.2 Å². The molecule has 1 aromatic heterocycles. The van der Waals surface area contributed by atoms with E-state index in [9.17, 15) is 13.6 Å². The monoisotopic (exact) mass is 395 g/mol. The van der Waals surface area contributed by atoms with Crippen molar-refractivity contribution >= 4 is 17.9 Å². The minimum atomic E-state index is -0.923. The summed E-state index contributed by atoms with van der Waals surface area (Å²) in [6, 6.07) is 16.3. The topological polar surface area (TPSA) is 63.6 Å². The Morgan fingerprint density at radius 3 is 2.45 bits per heavy atom. The molecule has 0 aliphatic carbocycles. The van der Waals surface area contributed by atoms with Gasteiger partial charge in [-0.1, -0.05) is 47.6 Å². The van der Waals surface area contributed by atoms with Crippen LogP contribution in [0.5, 0.6) is 0 Å². The molecule has 29 heavy (non-hydrogen) atoms. The molecule has 1 N–H and O–H groups in total. The van der Waals surface area contributed by atoms with Gasteiger partial charge in [-0.3, -0.25) is 4.79 Å². The lowest BCUT2D eigenvalue weighted by atomic mass is 10.1. The summed E-state index contributed by atoms with van der Waals surface area (Å²) >= 11 is 0. The summed E-state index contributed by atoms with van der Waals surface area (Å²) in [7, 11) is 0. The largest absolute Gasteiger partial charge is 0.391 e. The summed E-state index contributed by atoms with van der Waals surface area (Å²) in [5, 5.41) is 6.31. The Morgan fingerprint density at radius 2 is 1.76 bits per heavy atom. The summed E-state index contributed by atoms with van der Waals surface area (Å²) in [4.78, 5) is 21.4. The molecule has 0 atom stereocenters. The lowest BCUT2D eigenvalue weighted by Gasteiger charge is -2.07. The van der Waals surface area contributed by atoms with Gasteiger partial charge in [-0.05, 0) is 42.2 Å². The first kappa shape index (κ1) is 20.1. The Bertz CT molecular complexity index is 957. The van der Waals surface area contributed by atoms with Crippen LogP contribution in [0.2, 0.25) is 0 Å². The van der Waals surface area contributed by atoms with Gasteiger partial charge in [-0.25, -0.2) is 13.8 Å². The van der Waals surface area contributed by atoms with Crippen molar-refractivity contribution in [2.75, 3.05) is 5.32 Å². The summed E-state index contributed by atoms with van der Waals surface area (Å²) in [6.07, 6.45) is 4.61. The van der Waals surface area contributed by atoms with E-state index in [4.69, 9.17) is 4.84 Å². The van der Waals surface area contributed by atoms with E-state index >= 15 is 0 Å². The molecule has 0 aliphatic heterocycles. The van der Waals surface area contributed by atoms with Gasteiger partial charge in [-0.15, -0.1) is 0 Å². The molecule has 0 saturated carbocycles. The van der Waals surface area contributed by atoms with E-state index in [2.05, 4.69) is 15.5 Å². The van der Waals surface area contributed by atoms with Gasteiger partial charge in [0.25, 0.3) is 5.91 Å². The molecule has 1 heterocycles. The standard InChI is InChI=1S/C22H19F2N3O2/c23-18-9-4-10-19(24)21(18)22(28)27-20-12-11-16(14-25-20)8-5-13-26-29-15-17-6-2-1-3-7-17/h1-4,6-7,9-14H,5,8,15H2,(H,25,27,28)/b26-13+. The molecule has 148 valence electrons. The number of aryl methyl sites for hydroxylation is 1. The Morgan fingerprint density at radius 1 is 1.00 bits per heavy atom. The Labute approximate surface area is 167 Å². The van der Waals surface area contributed by atoms with Crippen LogP contribution in [0.15, 0.2) is 72.0 Å². The number of anilines is 1. The molecule has 0 spiro atoms. The zero-order chi connectivity index (χ0) is 20.5. The van der Waals surface area contributed by atoms with Crippen LogP contribution in [-0.2, 0) is 17.9 Å². The summed E-state index contributed by atoms with van der Waals surface area (Å²) in [5.74, 6) is -2.52. The van der Waals surface area contributed by atoms with E-state index in [-0.39, 0.29) is 5.82 Å². The number of oxime groups is 1. The maximum Gasteiger partial charge on any atom is 0.262 e. The van der Waals surface area contributed by atoms with Gasteiger partial charge in [0.1, 0.15) is 29.6 Å². The SMILES string of the molecule is O=C(Nc1ccc(CC/C=N/OCc2ccccc2)cn1)c1c(F)cccc1F. The average molecular weight is 395 g/mol. The van der Waals surface area contributed by atoms with Crippen molar-refractivity contribution in [2.24, 2.45) is 5.16 Å². The highest BCUT2D eigenvalue weighted by Gasteiger charge is 2.17. The first-order valence-corrected chi connectivity index (χ1v) is 9.01. The Hall–Kier alpha value is -3.61. The second kappa shape index (κ2) is 10.1. The second-order valence-electron chi connectivity index (χ2n) is 6.19. The molecule has 7 heteroatoms. The lowest BCUT2D eigenvalue weighted by molar-refractivity contribution is 0.101. The highest BCUT2D eigenvalue weighted by Crippen LogP contribution is 2.14. The van der Waals surface area contributed by atoms with Crippen LogP contribution in [0.1, 0.15) is 27.9 Å². The quantitative estimate of drug-likeness (QED) is 0.442. The van der Waals surface area contributed by atoms with Crippen LogP contribution < -0.4 is 5.32 Å². The Balaban J connectivity index is 1.45. The van der Waals surface area contributed by atoms with Gasteiger partial charge in [0.05, 0.1) is 0 Å². The third kappa shape index (κ3) is 5.93. The van der Waals surface area contributed by atoms with E-state index in [1.54, 1.807) is 24.5 Å². The van der Waals surface area contributed by atoms with Crippen LogP contribution in [0.3, 0.4) is 0 Å². The molecule has 0 saturated heterocycles. The fourth-order valence-electron chi connectivity index (χ4n) is 2.56. The number of rotatable bonds is 8. The maximum atomic E-state index is 13.6. The van der Waals surface area contributed by atoms with Crippen molar-refractivity contribution < 1.29 is 18.4 Å². The fraction of sp³-hybridized carbons (Fsp3) is 0.136. The minimum Gasteiger partial charge on any atom is -0.391 e. The van der Waals surface area contributed by atoms with Crippen LogP contribution in [0, 0.1) is 11.6 Å². The summed E-state index contributed by atoms with van der Waals surface area (Å²) < 4.78 is 27.3.